The van der Waals surface area contributed by atoms with Crippen LogP contribution in [0.25, 0.3) is 10.4 Å². The fourth-order valence-electron chi connectivity index (χ4n) is 3.35. The first-order chi connectivity index (χ1) is 14.7. The van der Waals surface area contributed by atoms with Crippen LogP contribution in [0, 0.1) is 0 Å². The summed E-state index contributed by atoms with van der Waals surface area (Å²) in [6.07, 6.45) is -13.3. The van der Waals surface area contributed by atoms with Gasteiger partial charge in [-0.2, -0.15) is 0 Å². The number of nitrogens with one attached hydrogen (secondary N) is 1. The fourth-order valence-corrected chi connectivity index (χ4v) is 3.35. The molecule has 2 fully saturated rings. The summed E-state index contributed by atoms with van der Waals surface area (Å²) in [7, 11) is 0. The number of aliphatic hydroxyl groups is 6. The van der Waals surface area contributed by atoms with Crippen LogP contribution in [0.4, 0.5) is 0 Å². The summed E-state index contributed by atoms with van der Waals surface area (Å²) in [4.78, 5) is 14.2. The van der Waals surface area contributed by atoms with E-state index in [0.29, 0.717) is 0 Å². The maximum atomic E-state index is 11.6. The maximum Gasteiger partial charge on any atom is 0.217 e. The van der Waals surface area contributed by atoms with E-state index in [1.807, 2.05) is 0 Å². The van der Waals surface area contributed by atoms with Crippen molar-refractivity contribution in [2.75, 3.05) is 26.4 Å². The second-order valence-electron chi connectivity index (χ2n) is 7.07. The van der Waals surface area contributed by atoms with Crippen LogP contribution in [-0.4, -0.2) is 124 Å². The van der Waals surface area contributed by atoms with E-state index < -0.39 is 80.5 Å². The molecule has 2 saturated heterocycles. The molecule has 2 heterocycles. The molecular weight excluding hydrogens is 424 g/mol. The van der Waals surface area contributed by atoms with Crippen molar-refractivity contribution in [1.29, 1.82) is 0 Å². The molecule has 15 heteroatoms. The molecule has 0 saturated carbocycles. The number of hydrogen-bond donors (Lipinski definition) is 7. The van der Waals surface area contributed by atoms with Crippen molar-refractivity contribution in [1.82, 2.24) is 5.32 Å². The first kappa shape index (κ1) is 25.6. The molecule has 178 valence electrons. The van der Waals surface area contributed by atoms with Gasteiger partial charge < -0.3 is 54.9 Å². The van der Waals surface area contributed by atoms with Gasteiger partial charge in [0, 0.05) is 18.4 Å². The van der Waals surface area contributed by atoms with Gasteiger partial charge in [0.2, 0.25) is 5.91 Å². The van der Waals surface area contributed by atoms with Crippen molar-refractivity contribution in [2.45, 2.75) is 68.3 Å². The minimum atomic E-state index is -1.75. The minimum absolute atomic E-state index is 0.0478. The standard InChI is InChI=1S/C16H28N4O11/c1-6(23)19-9-11(25)14(8(5-22)30-15(9)28-3-2-18-20-17)31-16-13(27)12(26)10(24)7(4-21)29-16/h7-16,21-22,24-27H,2-5H2,1H3,(H,19,23)/t7-,8-,9+,10+,11-,12+,13-,14-,15-,16+/m1/s1. The summed E-state index contributed by atoms with van der Waals surface area (Å²) in [6.45, 7) is -0.313. The van der Waals surface area contributed by atoms with Gasteiger partial charge in [0.15, 0.2) is 12.6 Å². The molecule has 1 amide bonds. The Kier molecular flexibility index (Phi) is 9.80. The Balaban J connectivity index is 2.18. The lowest BCUT2D eigenvalue weighted by molar-refractivity contribution is -0.348. The third kappa shape index (κ3) is 6.21. The molecule has 2 aliphatic heterocycles. The largest absolute Gasteiger partial charge is 0.394 e. The zero-order chi connectivity index (χ0) is 23.1. The predicted molar refractivity (Wildman–Crippen MR) is 98.0 cm³/mol. The second-order valence-corrected chi connectivity index (χ2v) is 7.07. The summed E-state index contributed by atoms with van der Waals surface area (Å²) in [5, 5.41) is 65.5. The molecule has 31 heavy (non-hydrogen) atoms. The van der Waals surface area contributed by atoms with Crippen LogP contribution < -0.4 is 5.32 Å². The third-order valence-corrected chi connectivity index (χ3v) is 4.90. The Bertz CT molecular complexity index is 635. The number of ether oxygens (including phenoxy) is 4. The number of carbonyl (C=O) groups is 1. The number of amides is 1. The maximum absolute atomic E-state index is 11.6. The van der Waals surface area contributed by atoms with E-state index in [1.54, 1.807) is 0 Å². The van der Waals surface area contributed by atoms with Crippen molar-refractivity contribution in [3.05, 3.63) is 10.4 Å². The van der Waals surface area contributed by atoms with Crippen molar-refractivity contribution in [3.63, 3.8) is 0 Å². The molecule has 0 spiro atoms. The predicted octanol–water partition coefficient (Wildman–Crippen LogP) is -3.92. The number of azide groups is 1. The highest BCUT2D eigenvalue weighted by Gasteiger charge is 2.51. The highest BCUT2D eigenvalue weighted by atomic mass is 16.7. The number of carbonyl (C=O) groups excluding carboxylic acids is 1. The SMILES string of the molecule is CC(=O)N[C@@H]1[C@H](OCCN=[N+]=[N-])O[C@H](CO)[C@@H](O[C@@H]2O[C@H](CO)[C@H](O)[C@H](O)[C@H]2O)[C@@H]1O. The molecule has 0 bridgehead atoms. The van der Waals surface area contributed by atoms with Crippen LogP contribution in [0.5, 0.6) is 0 Å². The quantitative estimate of drug-likeness (QED) is 0.0772. The van der Waals surface area contributed by atoms with Crippen molar-refractivity contribution in [3.8, 4) is 0 Å². The van der Waals surface area contributed by atoms with Crippen LogP contribution in [0.2, 0.25) is 0 Å². The molecule has 7 N–H and O–H groups in total. The van der Waals surface area contributed by atoms with Crippen molar-refractivity contribution < 1.29 is 54.4 Å². The van der Waals surface area contributed by atoms with Crippen LogP contribution >= 0.6 is 0 Å². The Labute approximate surface area is 176 Å². The molecule has 0 aliphatic carbocycles. The summed E-state index contributed by atoms with van der Waals surface area (Å²) < 4.78 is 21.8. The lowest BCUT2D eigenvalue weighted by Crippen LogP contribution is -2.67. The number of hydrogen-bond acceptors (Lipinski definition) is 12. The van der Waals surface area contributed by atoms with E-state index in [9.17, 15) is 35.4 Å². The Morgan fingerprint density at radius 3 is 2.26 bits per heavy atom. The summed E-state index contributed by atoms with van der Waals surface area (Å²) >= 11 is 0. The monoisotopic (exact) mass is 452 g/mol. The van der Waals surface area contributed by atoms with Gasteiger partial charge in [-0.15, -0.1) is 0 Å². The molecule has 0 radical (unpaired) electrons. The van der Waals surface area contributed by atoms with Gasteiger partial charge in [0.05, 0.1) is 19.8 Å². The minimum Gasteiger partial charge on any atom is -0.394 e. The lowest BCUT2D eigenvalue weighted by Gasteiger charge is -2.47. The molecular formula is C16H28N4O11. The number of rotatable bonds is 9. The van der Waals surface area contributed by atoms with E-state index in [1.165, 1.54) is 6.92 Å². The number of aliphatic hydroxyl groups excluding tert-OH is 6. The fraction of sp³-hybridized carbons (Fsp3) is 0.938. The van der Waals surface area contributed by atoms with E-state index in [0.717, 1.165) is 0 Å². The molecule has 10 atom stereocenters. The smallest absolute Gasteiger partial charge is 0.217 e. The Morgan fingerprint density at radius 2 is 1.68 bits per heavy atom. The average molecular weight is 452 g/mol. The third-order valence-electron chi connectivity index (χ3n) is 4.90. The molecule has 2 rings (SSSR count). The van der Waals surface area contributed by atoms with Gasteiger partial charge >= 0.3 is 0 Å². The molecule has 0 aromatic carbocycles. The molecule has 2 aliphatic rings. The number of nitrogens with zero attached hydrogens (tertiary/aromatic N) is 3. The Morgan fingerprint density at radius 1 is 1.03 bits per heavy atom. The van der Waals surface area contributed by atoms with Crippen molar-refractivity contribution >= 4 is 5.91 Å². The normalized spacial score (nSPS) is 40.7. The van der Waals surface area contributed by atoms with Gasteiger partial charge in [0.1, 0.15) is 48.8 Å². The first-order valence-corrected chi connectivity index (χ1v) is 9.55. The van der Waals surface area contributed by atoms with E-state index in [-0.39, 0.29) is 13.2 Å². The summed E-state index contributed by atoms with van der Waals surface area (Å²) in [5.41, 5.74) is 8.32. The second kappa shape index (κ2) is 11.8. The topological polar surface area (TPSA) is 236 Å². The van der Waals surface area contributed by atoms with Gasteiger partial charge in [-0.05, 0) is 5.53 Å². The van der Waals surface area contributed by atoms with Gasteiger partial charge in [-0.3, -0.25) is 4.79 Å². The van der Waals surface area contributed by atoms with Crippen molar-refractivity contribution in [2.24, 2.45) is 5.11 Å². The first-order valence-electron chi connectivity index (χ1n) is 9.55. The molecule has 0 aromatic rings. The summed E-state index contributed by atoms with van der Waals surface area (Å²) in [5.74, 6) is -0.537. The van der Waals surface area contributed by atoms with Gasteiger partial charge in [-0.25, -0.2) is 0 Å². The van der Waals surface area contributed by atoms with E-state index in [2.05, 4.69) is 15.3 Å². The molecule has 0 aromatic heterocycles. The molecule has 15 nitrogen and oxygen atoms in total. The van der Waals surface area contributed by atoms with Crippen LogP contribution in [0.1, 0.15) is 6.92 Å². The lowest BCUT2D eigenvalue weighted by atomic mass is 9.95. The van der Waals surface area contributed by atoms with E-state index in [4.69, 9.17) is 24.5 Å². The Hall–Kier alpha value is -1.62. The van der Waals surface area contributed by atoms with Crippen LogP contribution in [0.3, 0.4) is 0 Å². The highest BCUT2D eigenvalue weighted by Crippen LogP contribution is 2.29. The summed E-state index contributed by atoms with van der Waals surface area (Å²) in [6, 6.07) is -1.18. The molecule has 0 unspecified atom stereocenters. The van der Waals surface area contributed by atoms with Crippen LogP contribution in [-0.2, 0) is 23.7 Å². The average Bonchev–Trinajstić information content (AvgIpc) is 2.74. The van der Waals surface area contributed by atoms with Gasteiger partial charge in [0.25, 0.3) is 0 Å². The van der Waals surface area contributed by atoms with E-state index >= 15 is 0 Å². The zero-order valence-corrected chi connectivity index (χ0v) is 16.7. The van der Waals surface area contributed by atoms with Crippen LogP contribution in [0.15, 0.2) is 5.11 Å². The zero-order valence-electron chi connectivity index (χ0n) is 16.7. The van der Waals surface area contributed by atoms with Gasteiger partial charge in [-0.1, -0.05) is 5.11 Å². The highest BCUT2D eigenvalue weighted by molar-refractivity contribution is 5.73.